The van der Waals surface area contributed by atoms with Crippen molar-refractivity contribution in [3.05, 3.63) is 47.5 Å². The molecule has 5 heteroatoms. The summed E-state index contributed by atoms with van der Waals surface area (Å²) in [7, 11) is 3.80. The van der Waals surface area contributed by atoms with Crippen LogP contribution in [0.5, 0.6) is 0 Å². The second kappa shape index (κ2) is 5.96. The lowest BCUT2D eigenvalue weighted by molar-refractivity contribution is 0.643. The minimum Gasteiger partial charge on any atom is -0.369 e. The largest absolute Gasteiger partial charge is 0.369 e. The van der Waals surface area contributed by atoms with Crippen molar-refractivity contribution in [2.75, 3.05) is 14.1 Å². The molecule has 4 nitrogen and oxygen atoms in total. The molecule has 0 atom stereocenters. The number of aliphatic imine (C=N–C) groups is 1. The third-order valence-corrected chi connectivity index (χ3v) is 4.15. The van der Waals surface area contributed by atoms with Crippen LogP contribution in [0.1, 0.15) is 4.88 Å². The highest BCUT2D eigenvalue weighted by Crippen LogP contribution is 2.38. The van der Waals surface area contributed by atoms with Gasteiger partial charge < -0.3 is 4.90 Å². The van der Waals surface area contributed by atoms with E-state index in [-0.39, 0.29) is 0 Å². The van der Waals surface area contributed by atoms with E-state index in [2.05, 4.69) is 22.1 Å². The molecular weight excluding hydrogens is 292 g/mol. The van der Waals surface area contributed by atoms with Crippen LogP contribution in [-0.2, 0) is 0 Å². The molecule has 0 fully saturated rings. The molecule has 3 rings (SSSR count). The van der Waals surface area contributed by atoms with Gasteiger partial charge in [0, 0.05) is 31.2 Å². The SMILES string of the molecule is CN(C)C=Nc1c(C#N)sc2ncc(-c3ccccc3)cc12. The molecule has 2 aromatic heterocycles. The average molecular weight is 306 g/mol. The highest BCUT2D eigenvalue weighted by molar-refractivity contribution is 7.19. The van der Waals surface area contributed by atoms with E-state index in [0.29, 0.717) is 10.6 Å². The maximum absolute atomic E-state index is 9.32. The molecule has 0 bridgehead atoms. The fourth-order valence-corrected chi connectivity index (χ4v) is 3.01. The monoisotopic (exact) mass is 306 g/mol. The number of hydrogen-bond acceptors (Lipinski definition) is 4. The number of pyridine rings is 1. The first-order chi connectivity index (χ1) is 10.7. The molecule has 108 valence electrons. The number of rotatable bonds is 3. The van der Waals surface area contributed by atoms with Gasteiger partial charge >= 0.3 is 0 Å². The van der Waals surface area contributed by atoms with Gasteiger partial charge in [-0.05, 0) is 11.6 Å². The first-order valence-electron chi connectivity index (χ1n) is 6.77. The van der Waals surface area contributed by atoms with Crippen LogP contribution in [0.3, 0.4) is 0 Å². The van der Waals surface area contributed by atoms with E-state index in [1.807, 2.05) is 55.5 Å². The Kier molecular flexibility index (Phi) is 3.86. The summed E-state index contributed by atoms with van der Waals surface area (Å²) in [6, 6.07) is 14.3. The fourth-order valence-electron chi connectivity index (χ4n) is 2.14. The zero-order chi connectivity index (χ0) is 15.5. The molecule has 0 unspecified atom stereocenters. The molecule has 0 aliphatic rings. The Bertz CT molecular complexity index is 873. The topological polar surface area (TPSA) is 52.3 Å². The molecule has 0 saturated carbocycles. The number of fused-ring (bicyclic) bond motifs is 1. The standard InChI is InChI=1S/C17H14N4S/c1-21(2)11-20-16-14-8-13(12-6-4-3-5-7-12)10-19-17(14)22-15(16)9-18/h3-8,10-11H,1-2H3. The predicted octanol–water partition coefficient (Wildman–Crippen LogP) is 4.06. The molecule has 0 amide bonds. The zero-order valence-corrected chi connectivity index (χ0v) is 13.1. The summed E-state index contributed by atoms with van der Waals surface area (Å²) in [5, 5.41) is 10.2. The molecule has 2 heterocycles. The van der Waals surface area contributed by atoms with E-state index in [1.54, 1.807) is 6.34 Å². The number of hydrogen-bond donors (Lipinski definition) is 0. The number of nitriles is 1. The van der Waals surface area contributed by atoms with Crippen molar-refractivity contribution in [2.45, 2.75) is 0 Å². The van der Waals surface area contributed by atoms with Gasteiger partial charge in [-0.1, -0.05) is 30.3 Å². The van der Waals surface area contributed by atoms with Gasteiger partial charge in [0.2, 0.25) is 0 Å². The fraction of sp³-hybridized carbons (Fsp3) is 0.118. The lowest BCUT2D eigenvalue weighted by atomic mass is 10.1. The highest BCUT2D eigenvalue weighted by atomic mass is 32.1. The van der Waals surface area contributed by atoms with E-state index in [0.717, 1.165) is 21.3 Å². The molecule has 0 aliphatic carbocycles. The maximum atomic E-state index is 9.32. The Morgan fingerprint density at radius 3 is 2.68 bits per heavy atom. The second-order valence-corrected chi connectivity index (χ2v) is 6.04. The third-order valence-electron chi connectivity index (χ3n) is 3.15. The van der Waals surface area contributed by atoms with Crippen LogP contribution in [-0.4, -0.2) is 30.3 Å². The summed E-state index contributed by atoms with van der Waals surface area (Å²) < 4.78 is 0. The minimum absolute atomic E-state index is 0.589. The van der Waals surface area contributed by atoms with Crippen LogP contribution in [0, 0.1) is 11.3 Å². The van der Waals surface area contributed by atoms with Gasteiger partial charge in [-0.2, -0.15) is 5.26 Å². The Morgan fingerprint density at radius 1 is 1.23 bits per heavy atom. The number of aromatic nitrogens is 1. The summed E-state index contributed by atoms with van der Waals surface area (Å²) in [6.07, 6.45) is 3.55. The Morgan fingerprint density at radius 2 is 2.00 bits per heavy atom. The third kappa shape index (κ3) is 2.69. The van der Waals surface area contributed by atoms with Crippen molar-refractivity contribution in [1.82, 2.24) is 9.88 Å². The van der Waals surface area contributed by atoms with Crippen LogP contribution in [0.15, 0.2) is 47.6 Å². The molecule has 0 N–H and O–H groups in total. The molecule has 22 heavy (non-hydrogen) atoms. The molecule has 1 aromatic carbocycles. The Labute approximate surface area is 133 Å². The molecule has 0 aliphatic heterocycles. The van der Waals surface area contributed by atoms with Gasteiger partial charge in [0.1, 0.15) is 21.5 Å². The van der Waals surface area contributed by atoms with E-state index in [9.17, 15) is 5.26 Å². The number of benzene rings is 1. The molecule has 0 saturated heterocycles. The van der Waals surface area contributed by atoms with E-state index >= 15 is 0 Å². The minimum atomic E-state index is 0.589. The molecule has 3 aromatic rings. The molecule has 0 radical (unpaired) electrons. The van der Waals surface area contributed by atoms with Crippen molar-refractivity contribution >= 4 is 33.6 Å². The van der Waals surface area contributed by atoms with Gasteiger partial charge in [0.25, 0.3) is 0 Å². The van der Waals surface area contributed by atoms with Gasteiger partial charge in [-0.15, -0.1) is 11.3 Å². The van der Waals surface area contributed by atoms with Crippen LogP contribution >= 0.6 is 11.3 Å². The maximum Gasteiger partial charge on any atom is 0.133 e. The zero-order valence-electron chi connectivity index (χ0n) is 12.3. The summed E-state index contributed by atoms with van der Waals surface area (Å²) in [5.74, 6) is 0. The van der Waals surface area contributed by atoms with Crippen molar-refractivity contribution in [2.24, 2.45) is 4.99 Å². The Balaban J connectivity index is 2.18. The first kappa shape index (κ1) is 14.2. The highest BCUT2D eigenvalue weighted by Gasteiger charge is 2.13. The van der Waals surface area contributed by atoms with Gasteiger partial charge in [-0.25, -0.2) is 9.98 Å². The first-order valence-corrected chi connectivity index (χ1v) is 7.59. The van der Waals surface area contributed by atoms with Crippen LogP contribution in [0.4, 0.5) is 5.69 Å². The van der Waals surface area contributed by atoms with Gasteiger partial charge in [0.05, 0.1) is 6.34 Å². The van der Waals surface area contributed by atoms with E-state index in [1.165, 1.54) is 11.3 Å². The predicted molar refractivity (Wildman–Crippen MR) is 91.6 cm³/mol. The average Bonchev–Trinajstić information content (AvgIpc) is 2.90. The number of nitrogens with zero attached hydrogens (tertiary/aromatic N) is 4. The molecule has 0 spiro atoms. The van der Waals surface area contributed by atoms with Crippen molar-refractivity contribution in [3.63, 3.8) is 0 Å². The number of thiophene rings is 1. The Hall–Kier alpha value is -2.71. The summed E-state index contributed by atoms with van der Waals surface area (Å²) in [6.45, 7) is 0. The summed E-state index contributed by atoms with van der Waals surface area (Å²) in [4.78, 5) is 12.2. The van der Waals surface area contributed by atoms with Gasteiger partial charge in [-0.3, -0.25) is 0 Å². The quantitative estimate of drug-likeness (QED) is 0.541. The van der Waals surface area contributed by atoms with Crippen LogP contribution in [0.25, 0.3) is 21.3 Å². The second-order valence-electron chi connectivity index (χ2n) is 5.04. The van der Waals surface area contributed by atoms with E-state index in [4.69, 9.17) is 0 Å². The lowest BCUT2D eigenvalue weighted by Crippen LogP contribution is -2.06. The summed E-state index contributed by atoms with van der Waals surface area (Å²) in [5.41, 5.74) is 2.82. The lowest BCUT2D eigenvalue weighted by Gasteiger charge is -2.03. The van der Waals surface area contributed by atoms with Crippen molar-refractivity contribution < 1.29 is 0 Å². The summed E-state index contributed by atoms with van der Waals surface area (Å²) >= 11 is 1.37. The molecular formula is C17H14N4S. The van der Waals surface area contributed by atoms with E-state index < -0.39 is 0 Å². The van der Waals surface area contributed by atoms with Crippen molar-refractivity contribution in [3.8, 4) is 17.2 Å². The van der Waals surface area contributed by atoms with Crippen LogP contribution in [0.2, 0.25) is 0 Å². The van der Waals surface area contributed by atoms with Crippen molar-refractivity contribution in [1.29, 1.82) is 5.26 Å². The smallest absolute Gasteiger partial charge is 0.133 e. The normalized spacial score (nSPS) is 11.0. The van der Waals surface area contributed by atoms with Gasteiger partial charge in [0.15, 0.2) is 0 Å². The van der Waals surface area contributed by atoms with Crippen LogP contribution < -0.4 is 0 Å².